The molecule has 0 radical (unpaired) electrons. The van der Waals surface area contributed by atoms with Crippen molar-refractivity contribution >= 4 is 11.8 Å². The smallest absolute Gasteiger partial charge is 0.302 e. The molecule has 0 aliphatic heterocycles. The zero-order valence-electron chi connectivity index (χ0n) is 10.4. The minimum Gasteiger partial charge on any atom is -0.508 e. The Bertz CT molecular complexity index is 427. The first kappa shape index (κ1) is 14.2. The van der Waals surface area contributed by atoms with Crippen molar-refractivity contribution in [3.05, 3.63) is 29.8 Å². The summed E-state index contributed by atoms with van der Waals surface area (Å²) in [5.41, 5.74) is 6.54. The van der Waals surface area contributed by atoms with E-state index in [1.165, 1.54) is 26.0 Å². The molecule has 0 saturated heterocycles. The summed E-state index contributed by atoms with van der Waals surface area (Å²) in [7, 11) is 0. The number of hydrogen-bond donors (Lipinski definition) is 2. The molecule has 0 bridgehead atoms. The fourth-order valence-corrected chi connectivity index (χ4v) is 1.58. The van der Waals surface area contributed by atoms with Crippen molar-refractivity contribution in [2.24, 2.45) is 5.73 Å². The van der Waals surface area contributed by atoms with Crippen LogP contribution in [0.1, 0.15) is 19.4 Å². The van der Waals surface area contributed by atoms with E-state index in [0.717, 1.165) is 5.56 Å². The summed E-state index contributed by atoms with van der Waals surface area (Å²) in [6.07, 6.45) is -0.356. The second kappa shape index (κ2) is 6.16. The third-order valence-corrected chi connectivity index (χ3v) is 2.56. The predicted molar refractivity (Wildman–Crippen MR) is 66.0 cm³/mol. The van der Waals surface area contributed by atoms with Crippen LogP contribution in [-0.4, -0.2) is 29.0 Å². The van der Waals surface area contributed by atoms with Gasteiger partial charge in [0.1, 0.15) is 23.7 Å². The average Bonchev–Trinajstić information content (AvgIpc) is 2.29. The standard InChI is InChI=1S/C13H17NO4/c1-8(15)13(14)12(18-9(2)16)7-10-3-5-11(17)6-4-10/h3-6,12-13,17H,7,14H2,1-2H3. The molecule has 0 aliphatic carbocycles. The van der Waals surface area contributed by atoms with Crippen molar-refractivity contribution in [3.63, 3.8) is 0 Å². The van der Waals surface area contributed by atoms with Crippen LogP contribution in [0.15, 0.2) is 24.3 Å². The molecule has 0 heterocycles. The first-order valence-electron chi connectivity index (χ1n) is 5.61. The van der Waals surface area contributed by atoms with Gasteiger partial charge in [-0.25, -0.2) is 0 Å². The van der Waals surface area contributed by atoms with E-state index < -0.39 is 18.1 Å². The van der Waals surface area contributed by atoms with Crippen LogP contribution in [0.25, 0.3) is 0 Å². The highest BCUT2D eigenvalue weighted by Crippen LogP contribution is 2.14. The first-order valence-corrected chi connectivity index (χ1v) is 5.61. The Morgan fingerprint density at radius 3 is 2.28 bits per heavy atom. The molecule has 2 atom stereocenters. The lowest BCUT2D eigenvalue weighted by molar-refractivity contribution is -0.148. The number of ketones is 1. The van der Waals surface area contributed by atoms with Gasteiger partial charge in [0.15, 0.2) is 0 Å². The number of benzene rings is 1. The van der Waals surface area contributed by atoms with Crippen LogP contribution >= 0.6 is 0 Å². The van der Waals surface area contributed by atoms with Crippen molar-refractivity contribution in [2.75, 3.05) is 0 Å². The van der Waals surface area contributed by atoms with Gasteiger partial charge >= 0.3 is 5.97 Å². The molecule has 1 rings (SSSR count). The molecule has 18 heavy (non-hydrogen) atoms. The number of phenols is 1. The highest BCUT2D eigenvalue weighted by molar-refractivity contribution is 5.82. The number of Topliss-reactive ketones (excluding diaryl/α,β-unsaturated/α-hetero) is 1. The largest absolute Gasteiger partial charge is 0.508 e. The molecule has 98 valence electrons. The second-order valence-electron chi connectivity index (χ2n) is 4.15. The molecule has 0 aliphatic rings. The van der Waals surface area contributed by atoms with E-state index >= 15 is 0 Å². The van der Waals surface area contributed by atoms with Crippen molar-refractivity contribution < 1.29 is 19.4 Å². The van der Waals surface area contributed by atoms with Crippen LogP contribution in [0.2, 0.25) is 0 Å². The number of ether oxygens (including phenoxy) is 1. The van der Waals surface area contributed by atoms with Crippen molar-refractivity contribution in [1.82, 2.24) is 0 Å². The highest BCUT2D eigenvalue weighted by atomic mass is 16.5. The van der Waals surface area contributed by atoms with E-state index in [0.29, 0.717) is 6.42 Å². The average molecular weight is 251 g/mol. The molecule has 0 fully saturated rings. The van der Waals surface area contributed by atoms with Gasteiger partial charge in [-0.1, -0.05) is 12.1 Å². The molecule has 0 amide bonds. The zero-order valence-corrected chi connectivity index (χ0v) is 10.4. The topological polar surface area (TPSA) is 89.6 Å². The number of esters is 1. The van der Waals surface area contributed by atoms with Gasteiger partial charge in [0.05, 0.1) is 0 Å². The number of carbonyl (C=O) groups is 2. The number of nitrogens with two attached hydrogens (primary N) is 1. The minimum absolute atomic E-state index is 0.152. The Kier molecular flexibility index (Phi) is 4.85. The first-order chi connectivity index (χ1) is 8.40. The van der Waals surface area contributed by atoms with Gasteiger partial charge in [-0.3, -0.25) is 9.59 Å². The molecule has 3 N–H and O–H groups in total. The van der Waals surface area contributed by atoms with E-state index in [1.54, 1.807) is 12.1 Å². The monoisotopic (exact) mass is 251 g/mol. The fraction of sp³-hybridized carbons (Fsp3) is 0.385. The lowest BCUT2D eigenvalue weighted by Gasteiger charge is -2.21. The van der Waals surface area contributed by atoms with Gasteiger partial charge in [0.25, 0.3) is 0 Å². The van der Waals surface area contributed by atoms with Gasteiger partial charge in [0.2, 0.25) is 0 Å². The van der Waals surface area contributed by atoms with Crippen LogP contribution < -0.4 is 5.73 Å². The Morgan fingerprint density at radius 1 is 1.28 bits per heavy atom. The third kappa shape index (κ3) is 4.18. The normalized spacial score (nSPS) is 13.7. The second-order valence-corrected chi connectivity index (χ2v) is 4.15. The molecule has 5 nitrogen and oxygen atoms in total. The molecule has 0 saturated carbocycles. The number of hydrogen-bond acceptors (Lipinski definition) is 5. The molecular formula is C13H17NO4. The molecule has 2 unspecified atom stereocenters. The highest BCUT2D eigenvalue weighted by Gasteiger charge is 2.24. The Labute approximate surface area is 106 Å². The maximum absolute atomic E-state index is 11.3. The van der Waals surface area contributed by atoms with E-state index in [1.807, 2.05) is 0 Å². The van der Waals surface area contributed by atoms with Crippen LogP contribution in [0.4, 0.5) is 0 Å². The molecule has 5 heteroatoms. The summed E-state index contributed by atoms with van der Waals surface area (Å²) < 4.78 is 5.06. The van der Waals surface area contributed by atoms with Crippen molar-refractivity contribution in [2.45, 2.75) is 32.4 Å². The van der Waals surface area contributed by atoms with Crippen LogP contribution in [-0.2, 0) is 20.7 Å². The fourth-order valence-electron chi connectivity index (χ4n) is 1.58. The van der Waals surface area contributed by atoms with E-state index in [2.05, 4.69) is 0 Å². The third-order valence-electron chi connectivity index (χ3n) is 2.56. The van der Waals surface area contributed by atoms with Gasteiger partial charge < -0.3 is 15.6 Å². The maximum Gasteiger partial charge on any atom is 0.302 e. The van der Waals surface area contributed by atoms with E-state index in [4.69, 9.17) is 15.6 Å². The summed E-state index contributed by atoms with van der Waals surface area (Å²) in [5, 5.41) is 9.17. The van der Waals surface area contributed by atoms with Crippen molar-refractivity contribution in [1.29, 1.82) is 0 Å². The Hall–Kier alpha value is -1.88. The quantitative estimate of drug-likeness (QED) is 0.755. The van der Waals surface area contributed by atoms with Gasteiger partial charge in [-0.05, 0) is 24.6 Å². The Balaban J connectivity index is 2.80. The van der Waals surface area contributed by atoms with E-state index in [-0.39, 0.29) is 11.5 Å². The van der Waals surface area contributed by atoms with Gasteiger partial charge in [-0.2, -0.15) is 0 Å². The summed E-state index contributed by atoms with van der Waals surface area (Å²) >= 11 is 0. The Morgan fingerprint density at radius 2 is 1.83 bits per heavy atom. The minimum atomic E-state index is -0.845. The number of phenolic OH excluding ortho intramolecular Hbond substituents is 1. The van der Waals surface area contributed by atoms with Crippen LogP contribution in [0.3, 0.4) is 0 Å². The summed E-state index contributed by atoms with van der Waals surface area (Å²) in [6.45, 7) is 2.63. The summed E-state index contributed by atoms with van der Waals surface area (Å²) in [6, 6.07) is 5.60. The van der Waals surface area contributed by atoms with E-state index in [9.17, 15) is 9.59 Å². The van der Waals surface area contributed by atoms with Crippen LogP contribution in [0.5, 0.6) is 5.75 Å². The maximum atomic E-state index is 11.3. The summed E-state index contributed by atoms with van der Waals surface area (Å²) in [4.78, 5) is 22.3. The zero-order chi connectivity index (χ0) is 13.7. The summed E-state index contributed by atoms with van der Waals surface area (Å²) in [5.74, 6) is -0.561. The molecule has 1 aromatic rings. The van der Waals surface area contributed by atoms with Gasteiger partial charge in [-0.15, -0.1) is 0 Å². The lowest BCUT2D eigenvalue weighted by atomic mass is 10.00. The molecule has 1 aromatic carbocycles. The molecular weight excluding hydrogens is 234 g/mol. The SMILES string of the molecule is CC(=O)OC(Cc1ccc(O)cc1)C(N)C(C)=O. The number of aromatic hydroxyl groups is 1. The molecule has 0 spiro atoms. The predicted octanol–water partition coefficient (Wildman–Crippen LogP) is 0.783. The number of rotatable bonds is 5. The lowest BCUT2D eigenvalue weighted by Crippen LogP contribution is -2.44. The van der Waals surface area contributed by atoms with Crippen LogP contribution in [0, 0.1) is 0 Å². The van der Waals surface area contributed by atoms with Crippen molar-refractivity contribution in [3.8, 4) is 5.75 Å². The number of carbonyl (C=O) groups excluding carboxylic acids is 2. The van der Waals surface area contributed by atoms with Gasteiger partial charge in [0, 0.05) is 13.3 Å². The molecule has 0 aromatic heterocycles.